The second kappa shape index (κ2) is 7.56. The summed E-state index contributed by atoms with van der Waals surface area (Å²) in [6.45, 7) is 2.19. The molecule has 1 N–H and O–H groups in total. The smallest absolute Gasteiger partial charge is 0.273 e. The van der Waals surface area contributed by atoms with Crippen molar-refractivity contribution in [3.05, 3.63) is 82.1 Å². The molecule has 3 rings (SSSR count). The molecule has 132 valence electrons. The van der Waals surface area contributed by atoms with Gasteiger partial charge in [0.05, 0.1) is 11.3 Å². The molecule has 2 heterocycles. The van der Waals surface area contributed by atoms with Gasteiger partial charge in [0.1, 0.15) is 11.6 Å². The van der Waals surface area contributed by atoms with Gasteiger partial charge in [0.15, 0.2) is 0 Å². The monoisotopic (exact) mass is 351 g/mol. The third-order valence-electron chi connectivity index (χ3n) is 3.91. The molecule has 0 saturated heterocycles. The van der Waals surface area contributed by atoms with Crippen LogP contribution in [0.1, 0.15) is 17.0 Å². The van der Waals surface area contributed by atoms with Gasteiger partial charge in [0.25, 0.3) is 5.69 Å². The number of aromatic nitrogens is 3. The zero-order valence-corrected chi connectivity index (χ0v) is 14.1. The van der Waals surface area contributed by atoms with E-state index in [1.54, 1.807) is 36.7 Å². The van der Waals surface area contributed by atoms with E-state index >= 15 is 0 Å². The Hall–Kier alpha value is -3.55. The Morgan fingerprint density at radius 3 is 2.77 bits per heavy atom. The molecule has 0 aliphatic carbocycles. The zero-order valence-electron chi connectivity index (χ0n) is 14.1. The second-order valence-electron chi connectivity index (χ2n) is 5.71. The zero-order chi connectivity index (χ0) is 18.5. The van der Waals surface area contributed by atoms with Crippen molar-refractivity contribution >= 4 is 11.6 Å². The normalized spacial score (nSPS) is 10.5. The lowest BCUT2D eigenvalue weighted by atomic mass is 10.1. The highest BCUT2D eigenvalue weighted by Gasteiger charge is 2.15. The van der Waals surface area contributed by atoms with Gasteiger partial charge >= 0.3 is 0 Å². The molecule has 0 radical (unpaired) electrons. The summed E-state index contributed by atoms with van der Waals surface area (Å²) in [4.78, 5) is 31.2. The first-order valence-electron chi connectivity index (χ1n) is 7.99. The minimum Gasteiger partial charge on any atom is -0.352 e. The summed E-state index contributed by atoms with van der Waals surface area (Å²) in [6.07, 6.45) is 5.13. The van der Waals surface area contributed by atoms with Crippen LogP contribution in [0.3, 0.4) is 0 Å². The van der Waals surface area contributed by atoms with Crippen LogP contribution >= 0.6 is 0 Å². The van der Waals surface area contributed by atoms with Gasteiger partial charge in [0, 0.05) is 36.8 Å². The number of nitrogens with one attached hydrogen (secondary N) is 1. The maximum Gasteiger partial charge on any atom is 0.273 e. The van der Waals surface area contributed by atoms with Crippen LogP contribution in [0, 0.1) is 17.0 Å². The van der Waals surface area contributed by atoms with Crippen molar-refractivity contribution in [2.24, 2.45) is 0 Å². The molecule has 1 amide bonds. The molecular weight excluding hydrogens is 334 g/mol. The number of amides is 1. The van der Waals surface area contributed by atoms with E-state index in [0.717, 1.165) is 11.4 Å². The molecule has 8 heteroatoms. The highest BCUT2D eigenvalue weighted by atomic mass is 16.6. The molecule has 0 aliphatic rings. The van der Waals surface area contributed by atoms with Gasteiger partial charge < -0.3 is 5.32 Å². The third-order valence-corrected chi connectivity index (χ3v) is 3.91. The van der Waals surface area contributed by atoms with Crippen LogP contribution in [0.2, 0.25) is 0 Å². The molecule has 0 spiro atoms. The van der Waals surface area contributed by atoms with Crippen LogP contribution in [-0.2, 0) is 17.8 Å². The lowest BCUT2D eigenvalue weighted by Gasteiger charge is -2.08. The van der Waals surface area contributed by atoms with Gasteiger partial charge in [-0.2, -0.15) is 0 Å². The van der Waals surface area contributed by atoms with E-state index in [1.807, 2.05) is 23.8 Å². The fraction of sp³-hybridized carbons (Fsp3) is 0.167. The van der Waals surface area contributed by atoms with Crippen LogP contribution in [0.25, 0.3) is 5.82 Å². The number of hydrogen-bond donors (Lipinski definition) is 1. The number of carbonyl (C=O) groups is 1. The first kappa shape index (κ1) is 17.3. The Balaban J connectivity index is 1.66. The van der Waals surface area contributed by atoms with Gasteiger partial charge in [-0.05, 0) is 24.6 Å². The van der Waals surface area contributed by atoms with E-state index in [4.69, 9.17) is 0 Å². The molecule has 26 heavy (non-hydrogen) atoms. The molecule has 0 atom stereocenters. The quantitative estimate of drug-likeness (QED) is 0.542. The van der Waals surface area contributed by atoms with Gasteiger partial charge in [-0.1, -0.05) is 18.2 Å². The van der Waals surface area contributed by atoms with E-state index < -0.39 is 4.92 Å². The number of nitrogens with zero attached hydrogens (tertiary/aromatic N) is 4. The lowest BCUT2D eigenvalue weighted by Crippen LogP contribution is -2.25. The topological polar surface area (TPSA) is 103 Å². The average molecular weight is 351 g/mol. The largest absolute Gasteiger partial charge is 0.352 e. The lowest BCUT2D eigenvalue weighted by molar-refractivity contribution is -0.385. The number of hydrogen-bond acceptors (Lipinski definition) is 5. The number of rotatable bonds is 6. The van der Waals surface area contributed by atoms with Crippen molar-refractivity contribution in [1.82, 2.24) is 19.9 Å². The standard InChI is InChI=1S/C18H17N5O3/c1-13-19-8-9-22(13)17-10-14(6-7-20-17)12-21-18(24)11-15-4-2-3-5-16(15)23(25)26/h2-10H,11-12H2,1H3,(H,21,24). The Kier molecular flexibility index (Phi) is 5.02. The van der Waals surface area contributed by atoms with Crippen LogP contribution in [0.4, 0.5) is 5.69 Å². The van der Waals surface area contributed by atoms with Crippen molar-refractivity contribution in [2.45, 2.75) is 19.9 Å². The molecule has 0 fully saturated rings. The van der Waals surface area contributed by atoms with E-state index in [9.17, 15) is 14.9 Å². The highest BCUT2D eigenvalue weighted by molar-refractivity contribution is 5.79. The fourth-order valence-corrected chi connectivity index (χ4v) is 2.60. The summed E-state index contributed by atoms with van der Waals surface area (Å²) in [5.41, 5.74) is 1.21. The number of imidazole rings is 1. The molecule has 0 saturated carbocycles. The summed E-state index contributed by atoms with van der Waals surface area (Å²) in [6, 6.07) is 9.91. The summed E-state index contributed by atoms with van der Waals surface area (Å²) < 4.78 is 1.85. The van der Waals surface area contributed by atoms with E-state index in [2.05, 4.69) is 15.3 Å². The fourth-order valence-electron chi connectivity index (χ4n) is 2.60. The summed E-state index contributed by atoms with van der Waals surface area (Å²) >= 11 is 0. The molecule has 0 aliphatic heterocycles. The molecule has 1 aromatic carbocycles. The number of nitro groups is 1. The van der Waals surface area contributed by atoms with Crippen LogP contribution < -0.4 is 5.32 Å². The maximum atomic E-state index is 12.2. The number of pyridine rings is 1. The Bertz CT molecular complexity index is 951. The first-order valence-corrected chi connectivity index (χ1v) is 7.99. The predicted molar refractivity (Wildman–Crippen MR) is 94.7 cm³/mol. The van der Waals surface area contributed by atoms with Crippen LogP contribution in [-0.4, -0.2) is 25.4 Å². The third kappa shape index (κ3) is 3.92. The van der Waals surface area contributed by atoms with E-state index in [0.29, 0.717) is 17.9 Å². The SMILES string of the molecule is Cc1nccn1-c1cc(CNC(=O)Cc2ccccc2[N+](=O)[O-])ccn1. The van der Waals surface area contributed by atoms with Gasteiger partial charge in [-0.3, -0.25) is 19.5 Å². The molecule has 3 aromatic rings. The minimum absolute atomic E-state index is 0.0459. The molecule has 2 aromatic heterocycles. The minimum atomic E-state index is -0.481. The summed E-state index contributed by atoms with van der Waals surface area (Å²) in [7, 11) is 0. The second-order valence-corrected chi connectivity index (χ2v) is 5.71. The number of aryl methyl sites for hydroxylation is 1. The Morgan fingerprint density at radius 2 is 2.04 bits per heavy atom. The number of nitro benzene ring substituents is 1. The molecular formula is C18H17N5O3. The number of carbonyl (C=O) groups excluding carboxylic acids is 1. The van der Waals surface area contributed by atoms with Gasteiger partial charge in [0.2, 0.25) is 5.91 Å². The Morgan fingerprint density at radius 1 is 1.23 bits per heavy atom. The van der Waals surface area contributed by atoms with Crippen molar-refractivity contribution in [2.75, 3.05) is 0 Å². The van der Waals surface area contributed by atoms with E-state index in [-0.39, 0.29) is 18.0 Å². The maximum absolute atomic E-state index is 12.2. The van der Waals surface area contributed by atoms with Crippen molar-refractivity contribution in [3.8, 4) is 5.82 Å². The van der Waals surface area contributed by atoms with Crippen molar-refractivity contribution < 1.29 is 9.72 Å². The van der Waals surface area contributed by atoms with Crippen LogP contribution in [0.15, 0.2) is 55.0 Å². The molecule has 8 nitrogen and oxygen atoms in total. The van der Waals surface area contributed by atoms with E-state index in [1.165, 1.54) is 6.07 Å². The first-order chi connectivity index (χ1) is 12.5. The molecule has 0 unspecified atom stereocenters. The highest BCUT2D eigenvalue weighted by Crippen LogP contribution is 2.18. The van der Waals surface area contributed by atoms with Crippen molar-refractivity contribution in [3.63, 3.8) is 0 Å². The predicted octanol–water partition coefficient (Wildman–Crippen LogP) is 2.34. The van der Waals surface area contributed by atoms with Crippen molar-refractivity contribution in [1.29, 1.82) is 0 Å². The summed E-state index contributed by atoms with van der Waals surface area (Å²) in [5.74, 6) is 1.25. The summed E-state index contributed by atoms with van der Waals surface area (Å²) in [5, 5.41) is 13.8. The van der Waals surface area contributed by atoms with Crippen LogP contribution in [0.5, 0.6) is 0 Å². The molecule has 0 bridgehead atoms. The average Bonchev–Trinajstić information content (AvgIpc) is 3.06. The van der Waals surface area contributed by atoms with Gasteiger partial charge in [-0.25, -0.2) is 9.97 Å². The Labute approximate surface area is 149 Å². The number of benzene rings is 1. The number of para-hydroxylation sites is 1. The van der Waals surface area contributed by atoms with Gasteiger partial charge in [-0.15, -0.1) is 0 Å².